The minimum atomic E-state index is -5.08. The third kappa shape index (κ3) is 10.3. The number of H-pyrrole nitrogens is 1. The topological polar surface area (TPSA) is 217 Å². The number of halogens is 4. The number of aromatic amines is 1. The van der Waals surface area contributed by atoms with Crippen molar-refractivity contribution in [3.05, 3.63) is 69.1 Å². The van der Waals surface area contributed by atoms with Crippen molar-refractivity contribution in [2.75, 3.05) is 17.9 Å². The Bertz CT molecular complexity index is 1610. The van der Waals surface area contributed by atoms with E-state index >= 15 is 0 Å². The molecule has 0 atom stereocenters. The highest BCUT2D eigenvalue weighted by molar-refractivity contribution is 7.92. The first-order valence-corrected chi connectivity index (χ1v) is 13.1. The molecule has 0 aliphatic heterocycles. The predicted octanol–water partition coefficient (Wildman–Crippen LogP) is 2.00. The molecule has 0 radical (unpaired) electrons. The second kappa shape index (κ2) is 13.8. The number of fused-ring (bicyclic) bond motifs is 1. The standard InChI is InChI=1S/C21H23ClN6O5S.C2HF3O2/c1-12-8-15(11-18(29)25-6-7-33-27-21(23)24)19(20(30)26-12)28-34(31,32)17-5-3-13-9-16(22)4-2-14(13)10-17;3-2(4,5)1(6)7/h2-5,8-10,28H,6-7,11H2,1H3,(H,25,29)(H,26,30)(H4,23,24,27);(H,6,7). The van der Waals surface area contributed by atoms with Crippen molar-refractivity contribution in [1.29, 1.82) is 5.41 Å². The molecule has 1 aromatic heterocycles. The lowest BCUT2D eigenvalue weighted by molar-refractivity contribution is -0.192. The van der Waals surface area contributed by atoms with Crippen molar-refractivity contribution < 1.29 is 41.1 Å². The van der Waals surface area contributed by atoms with Crippen molar-refractivity contribution in [2.24, 2.45) is 5.73 Å². The summed E-state index contributed by atoms with van der Waals surface area (Å²) in [7, 11) is -4.14. The van der Waals surface area contributed by atoms with Gasteiger partial charge in [0.1, 0.15) is 5.69 Å². The number of aryl methyl sites for hydroxylation is 1. The summed E-state index contributed by atoms with van der Waals surface area (Å²) in [5, 5.41) is 18.6. The van der Waals surface area contributed by atoms with Crippen LogP contribution in [-0.2, 0) is 30.9 Å². The number of hydrogen-bond donors (Lipinski definition) is 7. The van der Waals surface area contributed by atoms with Crippen LogP contribution in [0.25, 0.3) is 10.8 Å². The van der Waals surface area contributed by atoms with Crippen LogP contribution >= 0.6 is 11.6 Å². The van der Waals surface area contributed by atoms with Crippen LogP contribution < -0.4 is 26.8 Å². The molecule has 8 N–H and O–H groups in total. The molecule has 0 bridgehead atoms. The Hall–Kier alpha value is -4.35. The summed E-state index contributed by atoms with van der Waals surface area (Å²) in [4.78, 5) is 41.1. The highest BCUT2D eigenvalue weighted by atomic mass is 35.5. The fourth-order valence-corrected chi connectivity index (χ4v) is 4.49. The second-order valence-corrected chi connectivity index (χ2v) is 10.3. The highest BCUT2D eigenvalue weighted by Gasteiger charge is 2.38. The Balaban J connectivity index is 0.000000745. The van der Waals surface area contributed by atoms with Gasteiger partial charge in [-0.25, -0.2) is 18.7 Å². The van der Waals surface area contributed by atoms with E-state index in [4.69, 9.17) is 37.5 Å². The van der Waals surface area contributed by atoms with E-state index < -0.39 is 33.6 Å². The average molecular weight is 621 g/mol. The fourth-order valence-electron chi connectivity index (χ4n) is 3.17. The number of amides is 1. The molecule has 13 nitrogen and oxygen atoms in total. The number of benzene rings is 2. The summed E-state index contributed by atoms with van der Waals surface area (Å²) in [6.45, 7) is 1.76. The van der Waals surface area contributed by atoms with E-state index in [0.717, 1.165) is 5.39 Å². The van der Waals surface area contributed by atoms with Gasteiger partial charge in [0.25, 0.3) is 15.6 Å². The molecule has 18 heteroatoms. The van der Waals surface area contributed by atoms with Crippen LogP contribution in [0.5, 0.6) is 0 Å². The zero-order chi connectivity index (χ0) is 31.0. The minimum absolute atomic E-state index is 0.0341. The number of hydroxylamine groups is 1. The lowest BCUT2D eigenvalue weighted by Crippen LogP contribution is -2.35. The van der Waals surface area contributed by atoms with Gasteiger partial charge in [0.15, 0.2) is 0 Å². The van der Waals surface area contributed by atoms with Crippen molar-refractivity contribution in [2.45, 2.75) is 24.4 Å². The maximum absolute atomic E-state index is 13.0. The summed E-state index contributed by atoms with van der Waals surface area (Å²) in [6, 6.07) is 11.1. The van der Waals surface area contributed by atoms with Gasteiger partial charge >= 0.3 is 12.1 Å². The number of alkyl halides is 3. The molecule has 3 aromatic rings. The SMILES string of the molecule is Cc1cc(CC(=O)NCCONC(=N)N)c(NS(=O)(=O)c2ccc3cc(Cl)ccc3c2)c(=O)[nH]1.O=C(O)C(F)(F)F. The molecule has 0 saturated carbocycles. The van der Waals surface area contributed by atoms with Gasteiger partial charge in [-0.2, -0.15) is 13.2 Å². The number of carboxylic acids is 1. The third-order valence-electron chi connectivity index (χ3n) is 4.87. The number of anilines is 1. The number of carbonyl (C=O) groups excluding carboxylic acids is 1. The summed E-state index contributed by atoms with van der Waals surface area (Å²) in [5.74, 6) is -3.59. The van der Waals surface area contributed by atoms with E-state index in [1.165, 1.54) is 18.2 Å². The lowest BCUT2D eigenvalue weighted by atomic mass is 10.1. The molecule has 3 rings (SSSR count). The first-order valence-electron chi connectivity index (χ1n) is 11.2. The number of sulfonamides is 1. The van der Waals surface area contributed by atoms with Gasteiger partial charge in [0.05, 0.1) is 17.9 Å². The Morgan fingerprint density at radius 1 is 1.15 bits per heavy atom. The number of rotatable bonds is 9. The number of guanidine groups is 1. The largest absolute Gasteiger partial charge is 0.490 e. The summed E-state index contributed by atoms with van der Waals surface area (Å²) in [5.41, 5.74) is 6.96. The van der Waals surface area contributed by atoms with E-state index in [-0.39, 0.29) is 41.7 Å². The maximum Gasteiger partial charge on any atom is 0.490 e. The zero-order valence-electron chi connectivity index (χ0n) is 21.1. The Morgan fingerprint density at radius 2 is 1.76 bits per heavy atom. The number of aromatic nitrogens is 1. The number of hydrogen-bond acceptors (Lipinski definition) is 7. The van der Waals surface area contributed by atoms with Gasteiger partial charge in [0.2, 0.25) is 11.9 Å². The average Bonchev–Trinajstić information content (AvgIpc) is 2.85. The van der Waals surface area contributed by atoms with Gasteiger partial charge in [-0.15, -0.1) is 0 Å². The quantitative estimate of drug-likeness (QED) is 0.0804. The van der Waals surface area contributed by atoms with Gasteiger partial charge in [0, 0.05) is 17.3 Å². The van der Waals surface area contributed by atoms with Crippen LogP contribution in [0.1, 0.15) is 11.3 Å². The minimum Gasteiger partial charge on any atom is -0.475 e. The monoisotopic (exact) mass is 620 g/mol. The van der Waals surface area contributed by atoms with E-state index in [0.29, 0.717) is 16.1 Å². The van der Waals surface area contributed by atoms with Gasteiger partial charge in [-0.1, -0.05) is 23.7 Å². The molecular weight excluding hydrogens is 597 g/mol. The fraction of sp³-hybridized carbons (Fsp3) is 0.217. The van der Waals surface area contributed by atoms with Crippen molar-refractivity contribution in [3.8, 4) is 0 Å². The van der Waals surface area contributed by atoms with E-state index in [1.807, 2.05) is 0 Å². The summed E-state index contributed by atoms with van der Waals surface area (Å²) < 4.78 is 60.1. The van der Waals surface area contributed by atoms with Crippen LogP contribution in [0.15, 0.2) is 52.2 Å². The maximum atomic E-state index is 13.0. The Labute approximate surface area is 235 Å². The lowest BCUT2D eigenvalue weighted by Gasteiger charge is -2.13. The molecular formula is C23H24ClF3N6O7S. The molecule has 2 aromatic carbocycles. The number of nitrogens with two attached hydrogens (primary N) is 1. The van der Waals surface area contributed by atoms with Crippen LogP contribution in [0.2, 0.25) is 5.02 Å². The van der Waals surface area contributed by atoms with Gasteiger partial charge in [-0.05, 0) is 53.6 Å². The van der Waals surface area contributed by atoms with Crippen molar-refractivity contribution >= 4 is 55.9 Å². The Morgan fingerprint density at radius 3 is 2.37 bits per heavy atom. The normalized spacial score (nSPS) is 11.2. The number of pyridine rings is 1. The van der Waals surface area contributed by atoms with Crippen molar-refractivity contribution in [3.63, 3.8) is 0 Å². The molecule has 0 fully saturated rings. The summed E-state index contributed by atoms with van der Waals surface area (Å²) in [6.07, 6.45) is -5.33. The molecule has 0 aliphatic rings. The van der Waals surface area contributed by atoms with E-state index in [1.54, 1.807) is 31.2 Å². The van der Waals surface area contributed by atoms with Crippen LogP contribution in [0.3, 0.4) is 0 Å². The molecule has 41 heavy (non-hydrogen) atoms. The molecule has 1 amide bonds. The molecule has 1 heterocycles. The number of nitrogens with one attached hydrogen (secondary N) is 5. The number of carbonyl (C=O) groups is 2. The number of carboxylic acid groups (broad SMARTS) is 1. The predicted molar refractivity (Wildman–Crippen MR) is 143 cm³/mol. The van der Waals surface area contributed by atoms with Crippen LogP contribution in [0.4, 0.5) is 18.9 Å². The smallest absolute Gasteiger partial charge is 0.475 e. The summed E-state index contributed by atoms with van der Waals surface area (Å²) >= 11 is 5.98. The van der Waals surface area contributed by atoms with Crippen molar-refractivity contribution in [1.82, 2.24) is 15.8 Å². The highest BCUT2D eigenvalue weighted by Crippen LogP contribution is 2.24. The van der Waals surface area contributed by atoms with E-state index in [9.17, 15) is 31.2 Å². The zero-order valence-corrected chi connectivity index (χ0v) is 22.6. The first kappa shape index (κ1) is 32.9. The van der Waals surface area contributed by atoms with Gasteiger partial charge in [-0.3, -0.25) is 24.6 Å². The van der Waals surface area contributed by atoms with Gasteiger partial charge < -0.3 is 21.1 Å². The van der Waals surface area contributed by atoms with Crippen LogP contribution in [0, 0.1) is 12.3 Å². The first-order chi connectivity index (χ1) is 19.0. The molecule has 0 spiro atoms. The third-order valence-corrected chi connectivity index (χ3v) is 6.45. The number of aliphatic carboxylic acids is 1. The molecule has 0 unspecified atom stereocenters. The molecule has 222 valence electrons. The Kier molecular flexibility index (Phi) is 11.1. The van der Waals surface area contributed by atoms with Crippen LogP contribution in [-0.4, -0.2) is 55.7 Å². The molecule has 0 aliphatic carbocycles. The van der Waals surface area contributed by atoms with E-state index in [2.05, 4.69) is 20.5 Å². The molecule has 0 saturated heterocycles. The second-order valence-electron chi connectivity index (χ2n) is 8.13.